The Labute approximate surface area is 105 Å². The number of aliphatic hydroxyl groups excluding tert-OH is 1. The zero-order valence-corrected chi connectivity index (χ0v) is 10.1. The highest BCUT2D eigenvalue weighted by Crippen LogP contribution is 2.24. The number of nitrogens with zero attached hydrogens (tertiary/aromatic N) is 2. The highest BCUT2D eigenvalue weighted by Gasteiger charge is 2.18. The van der Waals surface area contributed by atoms with E-state index in [1.54, 1.807) is 0 Å². The van der Waals surface area contributed by atoms with Gasteiger partial charge in [0.05, 0.1) is 11.8 Å². The smallest absolute Gasteiger partial charge is 0.112 e. The number of benzene rings is 1. The molecule has 0 radical (unpaired) electrons. The maximum absolute atomic E-state index is 9.61. The van der Waals surface area contributed by atoms with Crippen molar-refractivity contribution >= 4 is 11.6 Å². The molecule has 1 atom stereocenters. The molecule has 1 unspecified atom stereocenters. The molecule has 1 aromatic carbocycles. The second kappa shape index (κ2) is 4.17. The molecule has 0 bridgehead atoms. The minimum Gasteiger partial charge on any atom is -0.393 e. The van der Waals surface area contributed by atoms with Gasteiger partial charge in [-0.05, 0) is 18.6 Å². The van der Waals surface area contributed by atoms with Crippen molar-refractivity contribution in [1.82, 2.24) is 9.55 Å². The molecule has 2 aromatic rings. The standard InChI is InChI=1S/C13H13ClN2O/c14-10-3-1-2-9(6-10)12-8-16-5-4-11(17)7-13(16)15-12/h1-3,6,8,11,17H,4-5,7H2. The maximum atomic E-state index is 9.61. The average molecular weight is 249 g/mol. The molecule has 0 saturated carbocycles. The Kier molecular flexibility index (Phi) is 2.65. The van der Waals surface area contributed by atoms with Gasteiger partial charge in [-0.1, -0.05) is 23.7 Å². The summed E-state index contributed by atoms with van der Waals surface area (Å²) in [6.45, 7) is 0.837. The number of rotatable bonds is 1. The molecule has 0 amide bonds. The van der Waals surface area contributed by atoms with Crippen LogP contribution in [0.15, 0.2) is 30.5 Å². The predicted octanol–water partition coefficient (Wildman–Crippen LogP) is 2.51. The van der Waals surface area contributed by atoms with Gasteiger partial charge in [-0.15, -0.1) is 0 Å². The number of hydrogen-bond donors (Lipinski definition) is 1. The molecule has 1 aliphatic heterocycles. The van der Waals surface area contributed by atoms with Crippen molar-refractivity contribution in [1.29, 1.82) is 0 Å². The van der Waals surface area contributed by atoms with Gasteiger partial charge in [-0.25, -0.2) is 4.98 Å². The number of halogens is 1. The Balaban J connectivity index is 2.00. The quantitative estimate of drug-likeness (QED) is 0.842. The van der Waals surface area contributed by atoms with E-state index in [9.17, 15) is 5.11 Å². The molecule has 3 rings (SSSR count). The van der Waals surface area contributed by atoms with Crippen LogP contribution in [0.25, 0.3) is 11.3 Å². The van der Waals surface area contributed by atoms with Crippen LogP contribution in [0.2, 0.25) is 5.02 Å². The van der Waals surface area contributed by atoms with Crippen LogP contribution in [0.4, 0.5) is 0 Å². The first kappa shape index (κ1) is 10.8. The third-order valence-corrected chi connectivity index (χ3v) is 3.34. The van der Waals surface area contributed by atoms with Gasteiger partial charge in [0, 0.05) is 29.7 Å². The first-order chi connectivity index (χ1) is 8.22. The average Bonchev–Trinajstić information content (AvgIpc) is 2.72. The van der Waals surface area contributed by atoms with Crippen molar-refractivity contribution in [2.45, 2.75) is 25.5 Å². The number of aryl methyl sites for hydroxylation is 1. The normalized spacial score (nSPS) is 19.1. The molecule has 2 heterocycles. The summed E-state index contributed by atoms with van der Waals surface area (Å²) in [5.41, 5.74) is 1.95. The van der Waals surface area contributed by atoms with Gasteiger partial charge in [0.25, 0.3) is 0 Å². The van der Waals surface area contributed by atoms with Crippen molar-refractivity contribution in [2.75, 3.05) is 0 Å². The van der Waals surface area contributed by atoms with Crippen LogP contribution >= 0.6 is 11.6 Å². The second-order valence-corrected chi connectivity index (χ2v) is 4.83. The highest BCUT2D eigenvalue weighted by molar-refractivity contribution is 6.30. The van der Waals surface area contributed by atoms with Gasteiger partial charge in [0.15, 0.2) is 0 Å². The van der Waals surface area contributed by atoms with Crippen LogP contribution in [-0.2, 0) is 13.0 Å². The van der Waals surface area contributed by atoms with E-state index in [2.05, 4.69) is 9.55 Å². The van der Waals surface area contributed by atoms with E-state index < -0.39 is 0 Å². The van der Waals surface area contributed by atoms with Crippen molar-refractivity contribution < 1.29 is 5.11 Å². The lowest BCUT2D eigenvalue weighted by Crippen LogP contribution is -2.22. The SMILES string of the molecule is OC1CCn2cc(-c3cccc(Cl)c3)nc2C1. The first-order valence-electron chi connectivity index (χ1n) is 5.72. The number of imidazole rings is 1. The lowest BCUT2D eigenvalue weighted by molar-refractivity contribution is 0.141. The van der Waals surface area contributed by atoms with Gasteiger partial charge in [-0.3, -0.25) is 0 Å². The second-order valence-electron chi connectivity index (χ2n) is 4.39. The Bertz CT molecular complexity index is 550. The zero-order valence-electron chi connectivity index (χ0n) is 9.31. The van der Waals surface area contributed by atoms with Gasteiger partial charge in [0.2, 0.25) is 0 Å². The topological polar surface area (TPSA) is 38.0 Å². The molecule has 0 spiro atoms. The molecule has 4 heteroatoms. The minimum atomic E-state index is -0.253. The summed E-state index contributed by atoms with van der Waals surface area (Å²) in [4.78, 5) is 4.56. The van der Waals surface area contributed by atoms with E-state index in [0.29, 0.717) is 11.4 Å². The monoisotopic (exact) mass is 248 g/mol. The van der Waals surface area contributed by atoms with Gasteiger partial charge in [-0.2, -0.15) is 0 Å². The van der Waals surface area contributed by atoms with Gasteiger partial charge < -0.3 is 9.67 Å². The molecular formula is C13H13ClN2O. The molecule has 0 fully saturated rings. The molecule has 88 valence electrons. The van der Waals surface area contributed by atoms with Crippen LogP contribution in [-0.4, -0.2) is 20.8 Å². The number of aliphatic hydroxyl groups is 1. The number of hydrogen-bond acceptors (Lipinski definition) is 2. The van der Waals surface area contributed by atoms with Crippen molar-refractivity contribution in [3.8, 4) is 11.3 Å². The fourth-order valence-corrected chi connectivity index (χ4v) is 2.39. The predicted molar refractivity (Wildman–Crippen MR) is 67.0 cm³/mol. The van der Waals surface area contributed by atoms with Crippen LogP contribution < -0.4 is 0 Å². The van der Waals surface area contributed by atoms with Crippen LogP contribution in [0, 0.1) is 0 Å². The van der Waals surface area contributed by atoms with Gasteiger partial charge in [0.1, 0.15) is 5.82 Å². The summed E-state index contributed by atoms with van der Waals surface area (Å²) in [6.07, 6.45) is 3.23. The van der Waals surface area contributed by atoms with E-state index in [1.807, 2.05) is 30.5 Å². The summed E-state index contributed by atoms with van der Waals surface area (Å²) in [7, 11) is 0. The zero-order chi connectivity index (χ0) is 11.8. The third-order valence-electron chi connectivity index (χ3n) is 3.10. The summed E-state index contributed by atoms with van der Waals surface area (Å²) in [5, 5.41) is 10.3. The van der Waals surface area contributed by atoms with Gasteiger partial charge >= 0.3 is 0 Å². The fourth-order valence-electron chi connectivity index (χ4n) is 2.20. The number of fused-ring (bicyclic) bond motifs is 1. The summed E-state index contributed by atoms with van der Waals surface area (Å²) in [6, 6.07) is 7.68. The molecule has 1 N–H and O–H groups in total. The van der Waals surface area contributed by atoms with E-state index >= 15 is 0 Å². The summed E-state index contributed by atoms with van der Waals surface area (Å²) >= 11 is 5.97. The largest absolute Gasteiger partial charge is 0.393 e. The molecule has 1 aromatic heterocycles. The van der Waals surface area contributed by atoms with Crippen LogP contribution in [0.3, 0.4) is 0 Å². The van der Waals surface area contributed by atoms with E-state index in [0.717, 1.165) is 30.0 Å². The maximum Gasteiger partial charge on any atom is 0.112 e. The van der Waals surface area contributed by atoms with Crippen molar-refractivity contribution in [3.63, 3.8) is 0 Å². The Hall–Kier alpha value is -1.32. The molecular weight excluding hydrogens is 236 g/mol. The van der Waals surface area contributed by atoms with Crippen molar-refractivity contribution in [2.24, 2.45) is 0 Å². The van der Waals surface area contributed by atoms with Crippen LogP contribution in [0.5, 0.6) is 0 Å². The van der Waals surface area contributed by atoms with E-state index in [1.165, 1.54) is 0 Å². The fraction of sp³-hybridized carbons (Fsp3) is 0.308. The lowest BCUT2D eigenvalue weighted by atomic mass is 10.1. The molecule has 3 nitrogen and oxygen atoms in total. The van der Waals surface area contributed by atoms with E-state index in [4.69, 9.17) is 11.6 Å². The Morgan fingerprint density at radius 3 is 3.12 bits per heavy atom. The van der Waals surface area contributed by atoms with Crippen molar-refractivity contribution in [3.05, 3.63) is 41.3 Å². The number of aromatic nitrogens is 2. The minimum absolute atomic E-state index is 0.253. The first-order valence-corrected chi connectivity index (χ1v) is 6.10. The van der Waals surface area contributed by atoms with Crippen LogP contribution in [0.1, 0.15) is 12.2 Å². The van der Waals surface area contributed by atoms with E-state index in [-0.39, 0.29) is 6.10 Å². The summed E-state index contributed by atoms with van der Waals surface area (Å²) < 4.78 is 2.11. The Morgan fingerprint density at radius 1 is 1.41 bits per heavy atom. The highest BCUT2D eigenvalue weighted by atomic mass is 35.5. The molecule has 1 aliphatic rings. The molecule has 17 heavy (non-hydrogen) atoms. The molecule has 0 aliphatic carbocycles. The third kappa shape index (κ3) is 2.08. The molecule has 0 saturated heterocycles. The summed E-state index contributed by atoms with van der Waals surface area (Å²) in [5.74, 6) is 0.957. The Morgan fingerprint density at radius 2 is 2.29 bits per heavy atom. The lowest BCUT2D eigenvalue weighted by Gasteiger charge is -2.18.